The minimum Gasteiger partial charge on any atom is -0.376 e. The molecule has 0 spiro atoms. The topological polar surface area (TPSA) is 12.0 Å². The molecule has 0 amide bonds. The second-order valence-corrected chi connectivity index (χ2v) is 6.18. The van der Waals surface area contributed by atoms with Crippen LogP contribution in [0.25, 0.3) is 0 Å². The third-order valence-corrected chi connectivity index (χ3v) is 4.70. The molecular weight excluding hydrogens is 306 g/mol. The average Bonchev–Trinajstić information content (AvgIpc) is 2.43. The fourth-order valence-electron chi connectivity index (χ4n) is 2.69. The van der Waals surface area contributed by atoms with Crippen LogP contribution in [-0.4, -0.2) is 11.4 Å². The lowest BCUT2D eigenvalue weighted by Crippen LogP contribution is -2.43. The summed E-state index contributed by atoms with van der Waals surface area (Å²) in [6, 6.07) is 2.55. The van der Waals surface area contributed by atoms with Gasteiger partial charge in [0.25, 0.3) is 0 Å². The van der Waals surface area contributed by atoms with E-state index in [-0.39, 0.29) is 5.69 Å². The van der Waals surface area contributed by atoms with Crippen LogP contribution in [0.5, 0.6) is 0 Å². The molecule has 1 fully saturated rings. The van der Waals surface area contributed by atoms with Gasteiger partial charge in [-0.15, -0.1) is 11.6 Å². The molecule has 0 bridgehead atoms. The molecule has 1 aliphatic carbocycles. The highest BCUT2D eigenvalue weighted by Gasteiger charge is 2.35. The van der Waals surface area contributed by atoms with Gasteiger partial charge in [-0.1, -0.05) is 6.92 Å². The molecule has 1 N–H and O–H groups in total. The Balaban J connectivity index is 2.19. The molecule has 0 heterocycles. The van der Waals surface area contributed by atoms with Crippen LogP contribution >= 0.6 is 11.6 Å². The Hall–Kier alpha value is -0.970. The van der Waals surface area contributed by atoms with Crippen LogP contribution in [0.1, 0.15) is 38.2 Å². The lowest BCUT2D eigenvalue weighted by molar-refractivity contribution is -0.137. The van der Waals surface area contributed by atoms with Gasteiger partial charge in [0, 0.05) is 5.88 Å². The second kappa shape index (κ2) is 6.03. The normalized spacial score (nSPS) is 26.7. The zero-order chi connectivity index (χ0) is 15.7. The Morgan fingerprint density at radius 2 is 1.90 bits per heavy atom. The summed E-state index contributed by atoms with van der Waals surface area (Å²) in [6.45, 7) is 2.15. The van der Waals surface area contributed by atoms with E-state index in [1.165, 1.54) is 0 Å². The number of benzene rings is 1. The van der Waals surface area contributed by atoms with Gasteiger partial charge >= 0.3 is 6.18 Å². The number of hydrogen-bond donors (Lipinski definition) is 1. The van der Waals surface area contributed by atoms with Crippen molar-refractivity contribution >= 4 is 17.3 Å². The summed E-state index contributed by atoms with van der Waals surface area (Å²) < 4.78 is 51.5. The highest BCUT2D eigenvalue weighted by atomic mass is 35.5. The first-order chi connectivity index (χ1) is 9.76. The van der Waals surface area contributed by atoms with Crippen molar-refractivity contribution in [2.75, 3.05) is 11.2 Å². The maximum atomic E-state index is 13.9. The summed E-state index contributed by atoms with van der Waals surface area (Å²) in [5, 5.41) is 3.04. The Morgan fingerprint density at radius 1 is 1.29 bits per heavy atom. The highest BCUT2D eigenvalue weighted by Crippen LogP contribution is 2.37. The van der Waals surface area contributed by atoms with E-state index in [1.807, 2.05) is 0 Å². The summed E-state index contributed by atoms with van der Waals surface area (Å²) in [7, 11) is 0. The molecule has 1 saturated carbocycles. The van der Waals surface area contributed by atoms with Crippen LogP contribution in [0.4, 0.5) is 23.2 Å². The van der Waals surface area contributed by atoms with E-state index in [0.29, 0.717) is 17.9 Å². The van der Waals surface area contributed by atoms with Gasteiger partial charge in [-0.05, 0) is 49.8 Å². The van der Waals surface area contributed by atoms with Crippen LogP contribution < -0.4 is 5.32 Å². The number of halogens is 5. The van der Waals surface area contributed by atoms with Crippen LogP contribution in [0.2, 0.25) is 0 Å². The molecule has 1 aromatic carbocycles. The van der Waals surface area contributed by atoms with Crippen LogP contribution in [0.15, 0.2) is 18.2 Å². The summed E-state index contributed by atoms with van der Waals surface area (Å²) in [5.74, 6) is 0.00808. The van der Waals surface area contributed by atoms with Crippen LogP contribution in [-0.2, 0) is 6.18 Å². The minimum atomic E-state index is -4.54. The molecule has 21 heavy (non-hydrogen) atoms. The van der Waals surface area contributed by atoms with Crippen molar-refractivity contribution in [3.05, 3.63) is 29.6 Å². The molecule has 0 atom stereocenters. The number of hydrogen-bond acceptors (Lipinski definition) is 1. The monoisotopic (exact) mass is 323 g/mol. The first kappa shape index (κ1) is 16.4. The molecule has 6 heteroatoms. The first-order valence-corrected chi connectivity index (χ1v) is 7.50. The molecule has 0 aliphatic heterocycles. The summed E-state index contributed by atoms with van der Waals surface area (Å²) in [5.41, 5.74) is -1.34. The first-order valence-electron chi connectivity index (χ1n) is 6.97. The van der Waals surface area contributed by atoms with E-state index >= 15 is 0 Å². The van der Waals surface area contributed by atoms with Crippen LogP contribution in [0.3, 0.4) is 0 Å². The van der Waals surface area contributed by atoms with Gasteiger partial charge in [-0.3, -0.25) is 0 Å². The minimum absolute atomic E-state index is 0.0817. The molecule has 0 unspecified atom stereocenters. The summed E-state index contributed by atoms with van der Waals surface area (Å²) in [4.78, 5) is 0. The third kappa shape index (κ3) is 3.82. The SMILES string of the molecule is CC1CCC(CCl)(Nc2ccc(C(F)(F)F)cc2F)CC1. The quantitative estimate of drug-likeness (QED) is 0.576. The van der Waals surface area contributed by atoms with E-state index in [9.17, 15) is 17.6 Å². The van der Waals surface area contributed by atoms with Crippen molar-refractivity contribution in [3.8, 4) is 0 Å². The molecule has 0 aromatic heterocycles. The zero-order valence-corrected chi connectivity index (χ0v) is 12.5. The predicted octanol–water partition coefficient (Wildman–Crippen LogP) is 5.44. The van der Waals surface area contributed by atoms with Crippen molar-refractivity contribution < 1.29 is 17.6 Å². The van der Waals surface area contributed by atoms with E-state index in [4.69, 9.17) is 11.6 Å². The number of anilines is 1. The number of rotatable bonds is 3. The summed E-state index contributed by atoms with van der Waals surface area (Å²) >= 11 is 6.03. The zero-order valence-electron chi connectivity index (χ0n) is 11.7. The number of alkyl halides is 4. The molecular formula is C15H18ClF4N. The third-order valence-electron chi connectivity index (χ3n) is 4.18. The molecule has 1 aliphatic rings. The Labute approximate surface area is 126 Å². The Kier molecular flexibility index (Phi) is 4.71. The van der Waals surface area contributed by atoms with Gasteiger partial charge in [-0.2, -0.15) is 13.2 Å². The average molecular weight is 324 g/mol. The van der Waals surface area contributed by atoms with Crippen molar-refractivity contribution in [1.82, 2.24) is 0 Å². The summed E-state index contributed by atoms with van der Waals surface area (Å²) in [6.07, 6.45) is -1.01. The van der Waals surface area contributed by atoms with Gasteiger partial charge in [0.15, 0.2) is 0 Å². The smallest absolute Gasteiger partial charge is 0.376 e. The molecule has 1 nitrogen and oxygen atoms in total. The standard InChI is InChI=1S/C15H18ClF4N/c1-10-4-6-14(9-16,7-5-10)21-13-3-2-11(8-12(13)17)15(18,19)20/h2-3,8,10,21H,4-7,9H2,1H3. The molecule has 1 aromatic rings. The Morgan fingerprint density at radius 3 is 2.38 bits per heavy atom. The van der Waals surface area contributed by atoms with Crippen molar-refractivity contribution in [1.29, 1.82) is 0 Å². The lowest BCUT2D eigenvalue weighted by atomic mass is 9.78. The Bertz CT molecular complexity index is 493. The van der Waals surface area contributed by atoms with Gasteiger partial charge < -0.3 is 5.32 Å². The van der Waals surface area contributed by atoms with E-state index in [1.54, 1.807) is 0 Å². The maximum Gasteiger partial charge on any atom is 0.416 e. The van der Waals surface area contributed by atoms with E-state index in [0.717, 1.165) is 37.8 Å². The molecule has 0 saturated heterocycles. The van der Waals surface area contributed by atoms with Crippen molar-refractivity contribution in [3.63, 3.8) is 0 Å². The van der Waals surface area contributed by atoms with Crippen molar-refractivity contribution in [2.24, 2.45) is 5.92 Å². The van der Waals surface area contributed by atoms with E-state index in [2.05, 4.69) is 12.2 Å². The number of nitrogens with one attached hydrogen (secondary N) is 1. The fourth-order valence-corrected chi connectivity index (χ4v) is 3.02. The predicted molar refractivity (Wildman–Crippen MR) is 76.1 cm³/mol. The molecule has 2 rings (SSSR count). The maximum absolute atomic E-state index is 13.9. The van der Waals surface area contributed by atoms with Gasteiger partial charge in [0.2, 0.25) is 0 Å². The van der Waals surface area contributed by atoms with Crippen molar-refractivity contribution in [2.45, 2.75) is 44.3 Å². The lowest BCUT2D eigenvalue weighted by Gasteiger charge is -2.39. The fraction of sp³-hybridized carbons (Fsp3) is 0.600. The molecule has 0 radical (unpaired) electrons. The largest absolute Gasteiger partial charge is 0.416 e. The van der Waals surface area contributed by atoms with Crippen LogP contribution in [0, 0.1) is 11.7 Å². The van der Waals surface area contributed by atoms with E-state index < -0.39 is 23.1 Å². The highest BCUT2D eigenvalue weighted by molar-refractivity contribution is 6.18. The van der Waals surface area contributed by atoms with Gasteiger partial charge in [-0.25, -0.2) is 4.39 Å². The second-order valence-electron chi connectivity index (χ2n) is 5.91. The van der Waals surface area contributed by atoms with Gasteiger partial charge in [0.05, 0.1) is 16.8 Å². The molecule has 118 valence electrons. The van der Waals surface area contributed by atoms with Gasteiger partial charge in [0.1, 0.15) is 5.82 Å².